The number of fused-ring (bicyclic) bond motifs is 1. The van der Waals surface area contributed by atoms with Crippen molar-refractivity contribution in [2.45, 2.75) is 20.8 Å². The van der Waals surface area contributed by atoms with Crippen LogP contribution in [0.25, 0.3) is 39.4 Å². The molecule has 0 radical (unpaired) electrons. The molecule has 0 aliphatic carbocycles. The van der Waals surface area contributed by atoms with Crippen LogP contribution in [0.5, 0.6) is 5.75 Å². The summed E-state index contributed by atoms with van der Waals surface area (Å²) in [5.74, 6) is 1.80. The summed E-state index contributed by atoms with van der Waals surface area (Å²) in [6.07, 6.45) is 7.17. The summed E-state index contributed by atoms with van der Waals surface area (Å²) in [6.45, 7) is 6.95. The highest BCUT2D eigenvalue weighted by atomic mass is 32.1. The van der Waals surface area contributed by atoms with E-state index in [9.17, 15) is 4.79 Å². The van der Waals surface area contributed by atoms with Gasteiger partial charge in [0, 0.05) is 35.3 Å². The molecule has 6 aromatic rings. The predicted octanol–water partition coefficient (Wildman–Crippen LogP) is 4.96. The molecule has 0 saturated heterocycles. The van der Waals surface area contributed by atoms with Crippen LogP contribution in [0.3, 0.4) is 0 Å². The number of benzene rings is 2. The number of para-hydroxylation sites is 1. The van der Waals surface area contributed by atoms with Gasteiger partial charge in [-0.2, -0.15) is 14.6 Å². The Morgan fingerprint density at radius 2 is 1.79 bits per heavy atom. The number of ether oxygens (including phenoxy) is 1. The first-order chi connectivity index (χ1) is 19.0. The summed E-state index contributed by atoms with van der Waals surface area (Å²) < 4.78 is 9.71. The molecule has 4 aromatic heterocycles. The number of hydrogen-bond donors (Lipinski definition) is 0. The quantitative estimate of drug-likeness (QED) is 0.288. The molecular weight excluding hydrogens is 508 g/mol. The van der Waals surface area contributed by atoms with Gasteiger partial charge in [-0.1, -0.05) is 43.4 Å². The van der Waals surface area contributed by atoms with E-state index in [0.717, 1.165) is 39.4 Å². The summed E-state index contributed by atoms with van der Waals surface area (Å²) in [6, 6.07) is 19.6. The zero-order chi connectivity index (χ0) is 26.9. The summed E-state index contributed by atoms with van der Waals surface area (Å²) in [5, 5.41) is 9.37. The number of hydrogen-bond acceptors (Lipinski definition) is 7. The maximum absolute atomic E-state index is 13.3. The third-order valence-electron chi connectivity index (χ3n) is 6.19. The van der Waals surface area contributed by atoms with Gasteiger partial charge in [-0.25, -0.2) is 4.68 Å². The Labute approximate surface area is 228 Å². The highest BCUT2D eigenvalue weighted by molar-refractivity contribution is 7.15. The maximum atomic E-state index is 13.3. The highest BCUT2D eigenvalue weighted by Crippen LogP contribution is 2.29. The molecule has 0 amide bonds. The Bertz CT molecular complexity index is 1870. The van der Waals surface area contributed by atoms with Gasteiger partial charge in [-0.15, -0.1) is 5.10 Å². The standard InChI is InChI=1S/C30H26N6O2S/c1-19(2)18-38-25-10-9-22(15-20(25)3)27-23(17-35(33-27)24-7-5-4-6-8-24)16-26-29(37)36-30(39-26)32-28(34-36)21-11-13-31-14-12-21/h4-17,19H,18H2,1-3H3. The van der Waals surface area contributed by atoms with E-state index in [1.54, 1.807) is 12.4 Å². The SMILES string of the molecule is Cc1cc(-c2nn(-c3ccccc3)cc2C=c2sc3nc(-c4ccncc4)nn3c2=O)ccc1OCC(C)C. The normalized spacial score (nSPS) is 12.1. The lowest BCUT2D eigenvalue weighted by Gasteiger charge is -2.12. The summed E-state index contributed by atoms with van der Waals surface area (Å²) in [5.41, 5.74) is 5.10. The molecule has 39 heavy (non-hydrogen) atoms. The fourth-order valence-electron chi connectivity index (χ4n) is 4.24. The van der Waals surface area contributed by atoms with Crippen molar-refractivity contribution in [3.05, 3.63) is 105 Å². The van der Waals surface area contributed by atoms with Gasteiger partial charge < -0.3 is 4.74 Å². The number of aromatic nitrogens is 6. The molecule has 8 nitrogen and oxygen atoms in total. The average Bonchev–Trinajstić information content (AvgIpc) is 3.64. The first kappa shape index (κ1) is 24.7. The molecule has 0 bridgehead atoms. The van der Waals surface area contributed by atoms with Gasteiger partial charge in [-0.05, 0) is 66.9 Å². The second-order valence-electron chi connectivity index (χ2n) is 9.68. The number of aryl methyl sites for hydroxylation is 1. The zero-order valence-corrected chi connectivity index (χ0v) is 22.6. The lowest BCUT2D eigenvalue weighted by Crippen LogP contribution is -2.23. The van der Waals surface area contributed by atoms with Crippen molar-refractivity contribution in [1.29, 1.82) is 0 Å². The fourth-order valence-corrected chi connectivity index (χ4v) is 5.14. The molecule has 194 valence electrons. The second kappa shape index (κ2) is 10.3. The molecule has 0 N–H and O–H groups in total. The van der Waals surface area contributed by atoms with Crippen molar-refractivity contribution in [1.82, 2.24) is 29.4 Å². The lowest BCUT2D eigenvalue weighted by molar-refractivity contribution is 0.269. The number of pyridine rings is 1. The molecule has 4 heterocycles. The molecule has 0 spiro atoms. The van der Waals surface area contributed by atoms with Crippen LogP contribution in [-0.2, 0) is 0 Å². The Balaban J connectivity index is 1.45. The summed E-state index contributed by atoms with van der Waals surface area (Å²) >= 11 is 1.31. The van der Waals surface area contributed by atoms with Crippen LogP contribution in [0.4, 0.5) is 0 Å². The highest BCUT2D eigenvalue weighted by Gasteiger charge is 2.16. The third-order valence-corrected chi connectivity index (χ3v) is 7.15. The van der Waals surface area contributed by atoms with E-state index in [1.165, 1.54) is 15.9 Å². The van der Waals surface area contributed by atoms with Crippen molar-refractivity contribution >= 4 is 22.4 Å². The van der Waals surface area contributed by atoms with Crippen molar-refractivity contribution < 1.29 is 4.74 Å². The molecule has 0 aliphatic rings. The van der Waals surface area contributed by atoms with Crippen molar-refractivity contribution in [3.63, 3.8) is 0 Å². The topological polar surface area (TPSA) is 87.2 Å². The van der Waals surface area contributed by atoms with Gasteiger partial charge in [0.05, 0.1) is 16.8 Å². The van der Waals surface area contributed by atoms with Crippen LogP contribution in [-0.4, -0.2) is 36.0 Å². The van der Waals surface area contributed by atoms with Crippen LogP contribution in [0.15, 0.2) is 84.0 Å². The van der Waals surface area contributed by atoms with Crippen LogP contribution in [0.1, 0.15) is 25.0 Å². The van der Waals surface area contributed by atoms with E-state index >= 15 is 0 Å². The number of nitrogens with zero attached hydrogens (tertiary/aromatic N) is 6. The molecule has 9 heteroatoms. The van der Waals surface area contributed by atoms with Crippen LogP contribution >= 0.6 is 11.3 Å². The van der Waals surface area contributed by atoms with Crippen molar-refractivity contribution in [2.75, 3.05) is 6.61 Å². The van der Waals surface area contributed by atoms with E-state index in [1.807, 2.05) is 78.5 Å². The maximum Gasteiger partial charge on any atom is 0.291 e. The number of rotatable bonds is 7. The Kier molecular flexibility index (Phi) is 6.50. The molecule has 0 fully saturated rings. The lowest BCUT2D eigenvalue weighted by atomic mass is 10.0. The molecule has 2 aromatic carbocycles. The third kappa shape index (κ3) is 4.96. The molecule has 6 rings (SSSR count). The van der Waals surface area contributed by atoms with E-state index in [0.29, 0.717) is 27.8 Å². The van der Waals surface area contributed by atoms with E-state index < -0.39 is 0 Å². The van der Waals surface area contributed by atoms with Gasteiger partial charge in [0.2, 0.25) is 4.96 Å². The molecule has 0 saturated carbocycles. The number of thiazole rings is 1. The smallest absolute Gasteiger partial charge is 0.291 e. The monoisotopic (exact) mass is 534 g/mol. The Hall–Kier alpha value is -4.63. The Morgan fingerprint density at radius 1 is 1.00 bits per heavy atom. The van der Waals surface area contributed by atoms with E-state index in [2.05, 4.69) is 35.0 Å². The second-order valence-corrected chi connectivity index (χ2v) is 10.7. The first-order valence-corrected chi connectivity index (χ1v) is 13.5. The molecule has 0 aliphatic heterocycles. The van der Waals surface area contributed by atoms with Gasteiger partial charge in [0.15, 0.2) is 5.82 Å². The largest absolute Gasteiger partial charge is 0.493 e. The van der Waals surface area contributed by atoms with Crippen LogP contribution in [0.2, 0.25) is 0 Å². The molecular formula is C30H26N6O2S. The minimum atomic E-state index is -0.213. The summed E-state index contributed by atoms with van der Waals surface area (Å²) in [4.78, 5) is 22.5. The van der Waals surface area contributed by atoms with E-state index in [4.69, 9.17) is 9.84 Å². The minimum absolute atomic E-state index is 0.213. The van der Waals surface area contributed by atoms with Crippen LogP contribution < -0.4 is 14.8 Å². The molecule has 0 atom stereocenters. The summed E-state index contributed by atoms with van der Waals surface area (Å²) in [7, 11) is 0. The van der Waals surface area contributed by atoms with Gasteiger partial charge in [0.1, 0.15) is 11.4 Å². The van der Waals surface area contributed by atoms with E-state index in [-0.39, 0.29) is 5.56 Å². The molecule has 0 unspecified atom stereocenters. The Morgan fingerprint density at radius 3 is 2.51 bits per heavy atom. The van der Waals surface area contributed by atoms with Crippen molar-refractivity contribution in [2.24, 2.45) is 5.92 Å². The average molecular weight is 535 g/mol. The van der Waals surface area contributed by atoms with Crippen LogP contribution in [0, 0.1) is 12.8 Å². The van der Waals surface area contributed by atoms with Crippen molar-refractivity contribution in [3.8, 4) is 34.1 Å². The first-order valence-electron chi connectivity index (χ1n) is 12.7. The van der Waals surface area contributed by atoms with Gasteiger partial charge >= 0.3 is 0 Å². The zero-order valence-electron chi connectivity index (χ0n) is 21.8. The van der Waals surface area contributed by atoms with Gasteiger partial charge in [0.25, 0.3) is 5.56 Å². The predicted molar refractivity (Wildman–Crippen MR) is 153 cm³/mol. The minimum Gasteiger partial charge on any atom is -0.493 e. The fraction of sp³-hybridized carbons (Fsp3) is 0.167. The van der Waals surface area contributed by atoms with Gasteiger partial charge in [-0.3, -0.25) is 9.78 Å².